The lowest BCUT2D eigenvalue weighted by molar-refractivity contribution is -0.385. The Morgan fingerprint density at radius 1 is 1.40 bits per heavy atom. The molecule has 8 nitrogen and oxygen atoms in total. The molecule has 0 aliphatic rings. The SMILES string of the molecule is CCC(C)(C)NS(=O)(=O)c1cc([N+](=O)[O-])ccc1NN. The second kappa shape index (κ2) is 5.73. The average Bonchev–Trinajstić information content (AvgIpc) is 2.36. The van der Waals surface area contributed by atoms with Crippen LogP contribution in [0.4, 0.5) is 11.4 Å². The second-order valence-corrected chi connectivity index (χ2v) is 6.58. The van der Waals surface area contributed by atoms with Gasteiger partial charge in [0.15, 0.2) is 0 Å². The Kier molecular flexibility index (Phi) is 4.69. The number of nitro benzene ring substituents is 1. The highest BCUT2D eigenvalue weighted by Gasteiger charge is 2.28. The van der Waals surface area contributed by atoms with Crippen molar-refractivity contribution in [3.05, 3.63) is 28.3 Å². The van der Waals surface area contributed by atoms with E-state index in [1.807, 2.05) is 6.92 Å². The van der Waals surface area contributed by atoms with Gasteiger partial charge in [-0.3, -0.25) is 16.0 Å². The van der Waals surface area contributed by atoms with Crippen LogP contribution >= 0.6 is 0 Å². The molecular weight excluding hydrogens is 284 g/mol. The molecule has 0 aromatic heterocycles. The van der Waals surface area contributed by atoms with Crippen LogP contribution in [0.5, 0.6) is 0 Å². The first-order chi connectivity index (χ1) is 9.13. The van der Waals surface area contributed by atoms with Crippen LogP contribution in [0.15, 0.2) is 23.1 Å². The molecule has 9 heteroatoms. The number of hydrazine groups is 1. The third-order valence-electron chi connectivity index (χ3n) is 2.92. The number of non-ortho nitro benzene ring substituents is 1. The summed E-state index contributed by atoms with van der Waals surface area (Å²) in [5, 5.41) is 10.8. The third-order valence-corrected chi connectivity index (χ3v) is 4.65. The number of sulfonamides is 1. The highest BCUT2D eigenvalue weighted by atomic mass is 32.2. The first kappa shape index (κ1) is 16.3. The van der Waals surface area contributed by atoms with Gasteiger partial charge in [0.05, 0.1) is 10.6 Å². The van der Waals surface area contributed by atoms with Gasteiger partial charge in [0, 0.05) is 17.7 Å². The largest absolute Gasteiger partial charge is 0.323 e. The van der Waals surface area contributed by atoms with Gasteiger partial charge in [0.2, 0.25) is 10.0 Å². The number of nitrogens with zero attached hydrogens (tertiary/aromatic N) is 1. The number of nitro groups is 1. The number of anilines is 1. The molecule has 1 aromatic carbocycles. The summed E-state index contributed by atoms with van der Waals surface area (Å²) >= 11 is 0. The molecule has 4 N–H and O–H groups in total. The summed E-state index contributed by atoms with van der Waals surface area (Å²) in [5.74, 6) is 5.26. The summed E-state index contributed by atoms with van der Waals surface area (Å²) in [4.78, 5) is 9.84. The average molecular weight is 302 g/mol. The van der Waals surface area contributed by atoms with Crippen LogP contribution in [0.2, 0.25) is 0 Å². The van der Waals surface area contributed by atoms with Crippen LogP contribution in [-0.2, 0) is 10.0 Å². The van der Waals surface area contributed by atoms with Gasteiger partial charge in [-0.15, -0.1) is 0 Å². The molecule has 0 saturated heterocycles. The van der Waals surface area contributed by atoms with Gasteiger partial charge in [0.1, 0.15) is 4.90 Å². The predicted molar refractivity (Wildman–Crippen MR) is 75.6 cm³/mol. The lowest BCUT2D eigenvalue weighted by Gasteiger charge is -2.24. The number of rotatable bonds is 6. The first-order valence-electron chi connectivity index (χ1n) is 5.92. The minimum atomic E-state index is -3.93. The highest BCUT2D eigenvalue weighted by Crippen LogP contribution is 2.27. The summed E-state index contributed by atoms with van der Waals surface area (Å²) in [6, 6.07) is 3.41. The maximum absolute atomic E-state index is 12.3. The molecule has 1 rings (SSSR count). The van der Waals surface area contributed by atoms with Crippen molar-refractivity contribution in [1.82, 2.24) is 4.72 Å². The Hall–Kier alpha value is -1.71. The van der Waals surface area contributed by atoms with E-state index in [2.05, 4.69) is 10.1 Å². The maximum atomic E-state index is 12.3. The Morgan fingerprint density at radius 2 is 2.00 bits per heavy atom. The van der Waals surface area contributed by atoms with Gasteiger partial charge in [-0.1, -0.05) is 6.92 Å². The number of hydrogen-bond donors (Lipinski definition) is 3. The first-order valence-corrected chi connectivity index (χ1v) is 7.40. The number of hydrogen-bond acceptors (Lipinski definition) is 6. The van der Waals surface area contributed by atoms with Crippen molar-refractivity contribution < 1.29 is 13.3 Å². The van der Waals surface area contributed by atoms with E-state index in [0.29, 0.717) is 6.42 Å². The van der Waals surface area contributed by atoms with Crippen LogP contribution in [0.3, 0.4) is 0 Å². The van der Waals surface area contributed by atoms with Crippen LogP contribution in [-0.4, -0.2) is 18.9 Å². The van der Waals surface area contributed by atoms with Crippen molar-refractivity contribution in [2.24, 2.45) is 5.84 Å². The van der Waals surface area contributed by atoms with E-state index in [1.54, 1.807) is 13.8 Å². The number of nitrogen functional groups attached to an aromatic ring is 1. The van der Waals surface area contributed by atoms with E-state index in [1.165, 1.54) is 12.1 Å². The Morgan fingerprint density at radius 3 is 2.45 bits per heavy atom. The van der Waals surface area contributed by atoms with E-state index in [-0.39, 0.29) is 16.3 Å². The van der Waals surface area contributed by atoms with E-state index < -0.39 is 20.5 Å². The van der Waals surface area contributed by atoms with E-state index in [0.717, 1.165) is 6.07 Å². The van der Waals surface area contributed by atoms with Gasteiger partial charge in [-0.2, -0.15) is 0 Å². The molecule has 0 amide bonds. The molecule has 0 aliphatic carbocycles. The molecular formula is C11H18N4O4S. The summed E-state index contributed by atoms with van der Waals surface area (Å²) in [5.41, 5.74) is 1.33. The van der Waals surface area contributed by atoms with Crippen molar-refractivity contribution in [1.29, 1.82) is 0 Å². The number of nitrogens with two attached hydrogens (primary N) is 1. The zero-order valence-electron chi connectivity index (χ0n) is 11.5. The van der Waals surface area contributed by atoms with Gasteiger partial charge < -0.3 is 5.43 Å². The zero-order chi connectivity index (χ0) is 15.6. The molecule has 0 unspecified atom stereocenters. The normalized spacial score (nSPS) is 12.2. The van der Waals surface area contributed by atoms with Gasteiger partial charge >= 0.3 is 0 Å². The van der Waals surface area contributed by atoms with Crippen LogP contribution < -0.4 is 16.0 Å². The fourth-order valence-corrected chi connectivity index (χ4v) is 3.13. The van der Waals surface area contributed by atoms with Crippen molar-refractivity contribution in [3.8, 4) is 0 Å². The highest BCUT2D eigenvalue weighted by molar-refractivity contribution is 7.89. The molecule has 112 valence electrons. The minimum absolute atomic E-state index is 0.0926. The fourth-order valence-electron chi connectivity index (χ4n) is 1.46. The fraction of sp³-hybridized carbons (Fsp3) is 0.455. The monoisotopic (exact) mass is 302 g/mol. The predicted octanol–water partition coefficient (Wildman–Crippen LogP) is 1.35. The summed E-state index contributed by atoms with van der Waals surface area (Å²) < 4.78 is 27.2. The number of benzene rings is 1. The molecule has 1 aromatic rings. The summed E-state index contributed by atoms with van der Waals surface area (Å²) in [6.45, 7) is 5.27. The Labute approximate surface area is 117 Å². The van der Waals surface area contributed by atoms with Crippen LogP contribution in [0.1, 0.15) is 27.2 Å². The maximum Gasteiger partial charge on any atom is 0.270 e. The summed E-state index contributed by atoms with van der Waals surface area (Å²) in [6.07, 6.45) is 0.562. The lowest BCUT2D eigenvalue weighted by atomic mass is 10.0. The van der Waals surface area contributed by atoms with E-state index >= 15 is 0 Å². The second-order valence-electron chi connectivity index (χ2n) is 4.92. The standard InChI is InChI=1S/C11H18N4O4S/c1-4-11(2,3)14-20(18,19)10-7-8(15(16)17)5-6-9(10)13-12/h5-7,13-14H,4,12H2,1-3H3. The molecule has 0 aliphatic heterocycles. The molecule has 20 heavy (non-hydrogen) atoms. The van der Waals surface area contributed by atoms with E-state index in [9.17, 15) is 18.5 Å². The van der Waals surface area contributed by atoms with Gasteiger partial charge in [0.25, 0.3) is 5.69 Å². The topological polar surface area (TPSA) is 127 Å². The smallest absolute Gasteiger partial charge is 0.270 e. The van der Waals surface area contributed by atoms with Crippen LogP contribution in [0.25, 0.3) is 0 Å². The molecule has 0 atom stereocenters. The molecule has 0 spiro atoms. The van der Waals surface area contributed by atoms with Gasteiger partial charge in [-0.05, 0) is 26.3 Å². The molecule has 0 radical (unpaired) electrons. The zero-order valence-corrected chi connectivity index (χ0v) is 12.3. The van der Waals surface area contributed by atoms with Gasteiger partial charge in [-0.25, -0.2) is 13.1 Å². The molecule has 0 bridgehead atoms. The Bertz CT molecular complexity index is 613. The van der Waals surface area contributed by atoms with Crippen LogP contribution in [0, 0.1) is 10.1 Å². The van der Waals surface area contributed by atoms with Crippen molar-refractivity contribution in [2.45, 2.75) is 37.6 Å². The Balaban J connectivity index is 3.36. The van der Waals surface area contributed by atoms with Crippen molar-refractivity contribution in [3.63, 3.8) is 0 Å². The van der Waals surface area contributed by atoms with E-state index in [4.69, 9.17) is 5.84 Å². The number of nitrogens with one attached hydrogen (secondary N) is 2. The summed E-state index contributed by atoms with van der Waals surface area (Å²) in [7, 11) is -3.93. The van der Waals surface area contributed by atoms with Crippen molar-refractivity contribution in [2.75, 3.05) is 5.43 Å². The minimum Gasteiger partial charge on any atom is -0.323 e. The van der Waals surface area contributed by atoms with Crippen molar-refractivity contribution >= 4 is 21.4 Å². The lowest BCUT2D eigenvalue weighted by Crippen LogP contribution is -2.42. The molecule has 0 saturated carbocycles. The third kappa shape index (κ3) is 3.65. The molecule has 0 heterocycles. The molecule has 0 fully saturated rings. The quantitative estimate of drug-likeness (QED) is 0.413.